The molecule has 0 bridgehead atoms. The van der Waals surface area contributed by atoms with Crippen LogP contribution < -0.4 is 5.43 Å². The van der Waals surface area contributed by atoms with Gasteiger partial charge in [-0.05, 0) is 32.0 Å². The fraction of sp³-hybridized carbons (Fsp3) is 0.143. The van der Waals surface area contributed by atoms with Gasteiger partial charge in [0.25, 0.3) is 11.6 Å². The molecule has 0 spiro atoms. The fourth-order valence-electron chi connectivity index (χ4n) is 1.69. The van der Waals surface area contributed by atoms with Crippen molar-refractivity contribution in [1.29, 1.82) is 0 Å². The molecule has 21 heavy (non-hydrogen) atoms. The Morgan fingerprint density at radius 2 is 2.10 bits per heavy atom. The third-order valence-corrected chi connectivity index (χ3v) is 2.79. The maximum absolute atomic E-state index is 11.8. The van der Waals surface area contributed by atoms with Gasteiger partial charge < -0.3 is 4.42 Å². The summed E-state index contributed by atoms with van der Waals surface area (Å²) in [6, 6.07) is 7.72. The number of rotatable bonds is 4. The number of amides is 1. The maximum Gasteiger partial charge on any atom is 0.273 e. The molecule has 0 fully saturated rings. The van der Waals surface area contributed by atoms with Crippen LogP contribution in [0.4, 0.5) is 5.69 Å². The molecular formula is C14H13N3O4. The van der Waals surface area contributed by atoms with Crippen LogP contribution in [0.1, 0.15) is 27.4 Å². The zero-order valence-corrected chi connectivity index (χ0v) is 11.5. The largest absolute Gasteiger partial charge is 0.460 e. The van der Waals surface area contributed by atoms with Crippen LogP contribution in [0.15, 0.2) is 39.9 Å². The number of carbonyl (C=O) groups is 1. The molecule has 0 saturated carbocycles. The monoisotopic (exact) mass is 287 g/mol. The predicted octanol–water partition coefficient (Wildman–Crippen LogP) is 2.57. The molecule has 2 rings (SSSR count). The second-order valence-corrected chi connectivity index (χ2v) is 4.41. The number of nitrogens with zero attached hydrogens (tertiary/aromatic N) is 2. The van der Waals surface area contributed by atoms with Crippen molar-refractivity contribution in [3.05, 3.63) is 63.1 Å². The van der Waals surface area contributed by atoms with E-state index < -0.39 is 10.8 Å². The van der Waals surface area contributed by atoms with Crippen LogP contribution in [0.5, 0.6) is 0 Å². The smallest absolute Gasteiger partial charge is 0.273 e. The molecule has 0 atom stereocenters. The molecule has 1 N–H and O–H groups in total. The van der Waals surface area contributed by atoms with Crippen LogP contribution >= 0.6 is 0 Å². The summed E-state index contributed by atoms with van der Waals surface area (Å²) in [7, 11) is 0. The summed E-state index contributed by atoms with van der Waals surface area (Å²) < 4.78 is 5.25. The van der Waals surface area contributed by atoms with Crippen LogP contribution in [-0.2, 0) is 0 Å². The third-order valence-electron chi connectivity index (χ3n) is 2.79. The first-order chi connectivity index (χ1) is 9.97. The Balaban J connectivity index is 2.08. The van der Waals surface area contributed by atoms with E-state index in [1.807, 2.05) is 0 Å². The summed E-state index contributed by atoms with van der Waals surface area (Å²) in [6.07, 6.45) is 1.35. The Kier molecular flexibility index (Phi) is 4.13. The number of furan rings is 1. The highest BCUT2D eigenvalue weighted by Crippen LogP contribution is 2.19. The van der Waals surface area contributed by atoms with E-state index in [1.54, 1.807) is 26.0 Å². The zero-order chi connectivity index (χ0) is 15.4. The van der Waals surface area contributed by atoms with Gasteiger partial charge in [-0.1, -0.05) is 6.07 Å². The van der Waals surface area contributed by atoms with Crippen molar-refractivity contribution in [2.24, 2.45) is 5.10 Å². The van der Waals surface area contributed by atoms with E-state index in [1.165, 1.54) is 24.4 Å². The lowest BCUT2D eigenvalue weighted by Crippen LogP contribution is -2.17. The summed E-state index contributed by atoms with van der Waals surface area (Å²) in [5.74, 6) is 0.706. The molecule has 0 aliphatic carbocycles. The van der Waals surface area contributed by atoms with E-state index >= 15 is 0 Å². The molecule has 0 saturated heterocycles. The van der Waals surface area contributed by atoms with Gasteiger partial charge in [0.1, 0.15) is 11.5 Å². The van der Waals surface area contributed by atoms with Gasteiger partial charge in [0.15, 0.2) is 0 Å². The highest BCUT2D eigenvalue weighted by atomic mass is 16.6. The number of aryl methyl sites for hydroxylation is 2. The van der Waals surface area contributed by atoms with E-state index in [0.717, 1.165) is 5.76 Å². The molecule has 1 amide bonds. The molecule has 7 heteroatoms. The van der Waals surface area contributed by atoms with E-state index in [4.69, 9.17) is 4.42 Å². The average Bonchev–Trinajstić information content (AvgIpc) is 2.84. The first-order valence-corrected chi connectivity index (χ1v) is 6.12. The van der Waals surface area contributed by atoms with Gasteiger partial charge in [-0.3, -0.25) is 14.9 Å². The summed E-state index contributed by atoms with van der Waals surface area (Å²) in [6.45, 7) is 3.40. The Bertz CT molecular complexity index is 719. The molecule has 1 heterocycles. The number of nitrogens with one attached hydrogen (secondary N) is 1. The van der Waals surface area contributed by atoms with Crippen LogP contribution in [0.3, 0.4) is 0 Å². The number of hydrogen-bond acceptors (Lipinski definition) is 5. The third kappa shape index (κ3) is 3.53. The lowest BCUT2D eigenvalue weighted by Gasteiger charge is -2.01. The van der Waals surface area contributed by atoms with Gasteiger partial charge in [-0.2, -0.15) is 5.10 Å². The number of benzene rings is 1. The molecule has 2 aromatic rings. The highest BCUT2D eigenvalue weighted by Gasteiger charge is 2.14. The number of carbonyl (C=O) groups excluding carboxylic acids is 1. The van der Waals surface area contributed by atoms with E-state index in [2.05, 4.69) is 10.5 Å². The minimum absolute atomic E-state index is 0.103. The van der Waals surface area contributed by atoms with Crippen molar-refractivity contribution in [3.8, 4) is 0 Å². The summed E-state index contributed by atoms with van der Waals surface area (Å²) in [4.78, 5) is 22.2. The topological polar surface area (TPSA) is 97.7 Å². The van der Waals surface area contributed by atoms with Crippen molar-refractivity contribution in [2.75, 3.05) is 0 Å². The van der Waals surface area contributed by atoms with Gasteiger partial charge >= 0.3 is 0 Å². The molecule has 0 unspecified atom stereocenters. The minimum Gasteiger partial charge on any atom is -0.460 e. The van der Waals surface area contributed by atoms with Crippen LogP contribution in [0.25, 0.3) is 0 Å². The minimum atomic E-state index is -0.530. The zero-order valence-electron chi connectivity index (χ0n) is 11.5. The Hall–Kier alpha value is -2.96. The number of hydrogen-bond donors (Lipinski definition) is 1. The Labute approximate surface area is 120 Å². The van der Waals surface area contributed by atoms with Crippen molar-refractivity contribution in [2.45, 2.75) is 13.8 Å². The second-order valence-electron chi connectivity index (χ2n) is 4.41. The molecule has 7 nitrogen and oxygen atoms in total. The highest BCUT2D eigenvalue weighted by molar-refractivity contribution is 5.95. The van der Waals surface area contributed by atoms with Crippen LogP contribution in [-0.4, -0.2) is 17.0 Å². The number of hydrazone groups is 1. The molecule has 1 aromatic heterocycles. The lowest BCUT2D eigenvalue weighted by atomic mass is 10.1. The van der Waals surface area contributed by atoms with Gasteiger partial charge in [-0.15, -0.1) is 0 Å². The standard InChI is InChI=1S/C14H13N3O4/c1-9-3-5-11(7-13(9)17(19)20)14(18)16-15-8-12-6-4-10(2)21-12/h3-8H,1-2H3,(H,16,18). The van der Waals surface area contributed by atoms with E-state index in [-0.39, 0.29) is 11.3 Å². The van der Waals surface area contributed by atoms with E-state index in [0.29, 0.717) is 11.3 Å². The van der Waals surface area contributed by atoms with Crippen molar-refractivity contribution >= 4 is 17.8 Å². The molecule has 0 aliphatic heterocycles. The van der Waals surface area contributed by atoms with Gasteiger partial charge in [0, 0.05) is 17.2 Å². The van der Waals surface area contributed by atoms with Crippen molar-refractivity contribution in [1.82, 2.24) is 5.43 Å². The Morgan fingerprint density at radius 1 is 1.33 bits per heavy atom. The summed E-state index contributed by atoms with van der Waals surface area (Å²) >= 11 is 0. The molecule has 0 radical (unpaired) electrons. The Morgan fingerprint density at radius 3 is 2.71 bits per heavy atom. The molecule has 1 aromatic carbocycles. The number of nitro groups is 1. The number of nitro benzene ring substituents is 1. The van der Waals surface area contributed by atoms with Crippen molar-refractivity contribution in [3.63, 3.8) is 0 Å². The summed E-state index contributed by atoms with van der Waals surface area (Å²) in [5, 5.41) is 14.6. The average molecular weight is 287 g/mol. The van der Waals surface area contributed by atoms with Gasteiger partial charge in [0.05, 0.1) is 11.1 Å². The maximum atomic E-state index is 11.8. The van der Waals surface area contributed by atoms with Gasteiger partial charge in [-0.25, -0.2) is 5.43 Å². The van der Waals surface area contributed by atoms with Crippen LogP contribution in [0, 0.1) is 24.0 Å². The van der Waals surface area contributed by atoms with Crippen molar-refractivity contribution < 1.29 is 14.1 Å². The quantitative estimate of drug-likeness (QED) is 0.530. The molecule has 108 valence electrons. The van der Waals surface area contributed by atoms with E-state index in [9.17, 15) is 14.9 Å². The molecule has 0 aliphatic rings. The first-order valence-electron chi connectivity index (χ1n) is 6.12. The second kappa shape index (κ2) is 6.00. The lowest BCUT2D eigenvalue weighted by molar-refractivity contribution is -0.385. The normalized spacial score (nSPS) is 10.8. The SMILES string of the molecule is Cc1ccc(C=NNC(=O)c2ccc(C)c([N+](=O)[O-])c2)o1. The summed E-state index contributed by atoms with van der Waals surface area (Å²) in [5.41, 5.74) is 2.85. The fourth-order valence-corrected chi connectivity index (χ4v) is 1.69. The van der Waals surface area contributed by atoms with Crippen LogP contribution in [0.2, 0.25) is 0 Å². The molecular weight excluding hydrogens is 274 g/mol. The first kappa shape index (κ1) is 14.4. The predicted molar refractivity (Wildman–Crippen MR) is 76.3 cm³/mol. The van der Waals surface area contributed by atoms with Gasteiger partial charge in [0.2, 0.25) is 0 Å².